The molecule has 1 N–H and O–H groups in total. The van der Waals surface area contributed by atoms with E-state index in [4.69, 9.17) is 4.74 Å². The minimum Gasteiger partial charge on any atom is -0.496 e. The average molecular weight is 327 g/mol. The fraction of sp³-hybridized carbons (Fsp3) is 0.263. The molecule has 0 atom stereocenters. The van der Waals surface area contributed by atoms with Gasteiger partial charge in [-0.05, 0) is 29.7 Å². The van der Waals surface area contributed by atoms with Crippen LogP contribution in [0.15, 0.2) is 48.5 Å². The number of methoxy groups -OCH3 is 1. The molecular weight excluding hydrogens is 306 g/mol. The minimum atomic E-state index is -1.02. The van der Waals surface area contributed by atoms with E-state index in [2.05, 4.69) is 0 Å². The molecule has 2 rings (SSSR count). The predicted octanol–water partition coefficient (Wildman–Crippen LogP) is 2.64. The molecule has 126 valence electrons. The molecule has 1 amide bonds. The van der Waals surface area contributed by atoms with Crippen molar-refractivity contribution in [3.05, 3.63) is 65.2 Å². The Morgan fingerprint density at radius 1 is 1.04 bits per heavy atom. The molecule has 2 aromatic carbocycles. The maximum absolute atomic E-state index is 12.4. The Kier molecular flexibility index (Phi) is 5.95. The molecule has 24 heavy (non-hydrogen) atoms. The highest BCUT2D eigenvalue weighted by atomic mass is 16.5. The lowest BCUT2D eigenvalue weighted by Gasteiger charge is -2.18. The van der Waals surface area contributed by atoms with Gasteiger partial charge in [-0.15, -0.1) is 0 Å². The topological polar surface area (TPSA) is 66.8 Å². The van der Waals surface area contributed by atoms with E-state index in [1.165, 1.54) is 6.07 Å². The van der Waals surface area contributed by atoms with Gasteiger partial charge < -0.3 is 14.7 Å². The first kappa shape index (κ1) is 17.5. The zero-order chi connectivity index (χ0) is 17.5. The van der Waals surface area contributed by atoms with Crippen molar-refractivity contribution in [1.29, 1.82) is 0 Å². The fourth-order valence-corrected chi connectivity index (χ4v) is 2.50. The van der Waals surface area contributed by atoms with E-state index in [0.717, 1.165) is 11.3 Å². The summed E-state index contributed by atoms with van der Waals surface area (Å²) in [6.07, 6.45) is 0.748. The Hall–Kier alpha value is -2.82. The van der Waals surface area contributed by atoms with Crippen LogP contribution in [-0.2, 0) is 17.6 Å². The quantitative estimate of drug-likeness (QED) is 0.849. The molecule has 0 spiro atoms. The third-order valence-electron chi connectivity index (χ3n) is 3.92. The van der Waals surface area contributed by atoms with E-state index in [1.54, 1.807) is 37.3 Å². The molecular formula is C19H21NO4. The summed E-state index contributed by atoms with van der Waals surface area (Å²) in [5.41, 5.74) is 1.73. The number of amides is 1. The number of para-hydroxylation sites is 1. The second-order valence-electron chi connectivity index (χ2n) is 5.52. The van der Waals surface area contributed by atoms with Crippen molar-refractivity contribution in [2.45, 2.75) is 12.8 Å². The van der Waals surface area contributed by atoms with Gasteiger partial charge in [-0.25, -0.2) is 4.79 Å². The summed E-state index contributed by atoms with van der Waals surface area (Å²) < 4.78 is 5.31. The molecule has 5 heteroatoms. The number of ether oxygens (including phenoxy) is 1. The van der Waals surface area contributed by atoms with Crippen LogP contribution >= 0.6 is 0 Å². The van der Waals surface area contributed by atoms with Crippen LogP contribution in [0.2, 0.25) is 0 Å². The summed E-state index contributed by atoms with van der Waals surface area (Å²) in [5.74, 6) is -0.330. The van der Waals surface area contributed by atoms with Crippen LogP contribution in [0.3, 0.4) is 0 Å². The van der Waals surface area contributed by atoms with E-state index < -0.39 is 5.97 Å². The van der Waals surface area contributed by atoms with E-state index in [-0.39, 0.29) is 17.9 Å². The summed E-state index contributed by atoms with van der Waals surface area (Å²) in [6.45, 7) is 0.536. The van der Waals surface area contributed by atoms with Gasteiger partial charge in [0, 0.05) is 13.6 Å². The normalized spacial score (nSPS) is 10.2. The van der Waals surface area contributed by atoms with Gasteiger partial charge in [0.15, 0.2) is 0 Å². The first-order valence-corrected chi connectivity index (χ1v) is 7.70. The van der Waals surface area contributed by atoms with Gasteiger partial charge in [0.1, 0.15) is 5.75 Å². The van der Waals surface area contributed by atoms with Crippen LogP contribution in [0.5, 0.6) is 5.75 Å². The number of benzene rings is 2. The Morgan fingerprint density at radius 2 is 1.67 bits per heavy atom. The van der Waals surface area contributed by atoms with Gasteiger partial charge in [0.05, 0.1) is 19.1 Å². The Labute approximate surface area is 141 Å². The molecule has 0 aliphatic heterocycles. The fourth-order valence-electron chi connectivity index (χ4n) is 2.50. The molecule has 5 nitrogen and oxygen atoms in total. The molecule has 0 aliphatic carbocycles. The van der Waals surface area contributed by atoms with Crippen LogP contribution in [0.1, 0.15) is 21.5 Å². The van der Waals surface area contributed by atoms with Gasteiger partial charge in [-0.1, -0.05) is 36.4 Å². The average Bonchev–Trinajstić information content (AvgIpc) is 2.60. The van der Waals surface area contributed by atoms with Crippen LogP contribution in [0, 0.1) is 0 Å². The summed E-state index contributed by atoms with van der Waals surface area (Å²) >= 11 is 0. The van der Waals surface area contributed by atoms with E-state index in [0.29, 0.717) is 18.5 Å². The van der Waals surface area contributed by atoms with Crippen LogP contribution < -0.4 is 4.74 Å². The van der Waals surface area contributed by atoms with Crippen molar-refractivity contribution < 1.29 is 19.4 Å². The molecule has 0 aliphatic rings. The molecule has 0 heterocycles. The Balaban J connectivity index is 1.99. The maximum Gasteiger partial charge on any atom is 0.335 e. The number of carbonyl (C=O) groups is 2. The van der Waals surface area contributed by atoms with Crippen molar-refractivity contribution in [1.82, 2.24) is 4.90 Å². The highest BCUT2D eigenvalue weighted by Crippen LogP contribution is 2.18. The van der Waals surface area contributed by atoms with Gasteiger partial charge in [0.25, 0.3) is 0 Å². The van der Waals surface area contributed by atoms with Crippen molar-refractivity contribution in [3.8, 4) is 5.75 Å². The predicted molar refractivity (Wildman–Crippen MR) is 91.4 cm³/mol. The zero-order valence-electron chi connectivity index (χ0n) is 13.9. The summed E-state index contributed by atoms with van der Waals surface area (Å²) in [7, 11) is 3.34. The molecule has 0 unspecified atom stereocenters. The molecule has 0 radical (unpaired) electrons. The van der Waals surface area contributed by atoms with Gasteiger partial charge in [0.2, 0.25) is 5.91 Å². The summed E-state index contributed by atoms with van der Waals surface area (Å²) in [6, 6.07) is 14.3. The highest BCUT2D eigenvalue weighted by Gasteiger charge is 2.15. The first-order chi connectivity index (χ1) is 11.5. The second-order valence-corrected chi connectivity index (χ2v) is 5.52. The number of carboxylic acid groups (broad SMARTS) is 1. The Morgan fingerprint density at radius 3 is 2.33 bits per heavy atom. The lowest BCUT2D eigenvalue weighted by atomic mass is 10.0. The number of likely N-dealkylation sites (N-methyl/N-ethyl adjacent to an activating group) is 1. The van der Waals surface area contributed by atoms with Gasteiger partial charge >= 0.3 is 5.97 Å². The lowest BCUT2D eigenvalue weighted by Crippen LogP contribution is -2.30. The van der Waals surface area contributed by atoms with Crippen molar-refractivity contribution in [2.24, 2.45) is 0 Å². The molecule has 0 saturated carbocycles. The maximum atomic E-state index is 12.4. The van der Waals surface area contributed by atoms with Crippen molar-refractivity contribution in [2.75, 3.05) is 20.7 Å². The number of hydrogen-bond acceptors (Lipinski definition) is 3. The Bertz CT molecular complexity index is 727. The number of carbonyl (C=O) groups excluding carboxylic acids is 1. The molecule has 2 aromatic rings. The van der Waals surface area contributed by atoms with E-state index in [1.807, 2.05) is 24.3 Å². The number of carboxylic acids is 1. The van der Waals surface area contributed by atoms with Crippen LogP contribution in [0.4, 0.5) is 0 Å². The number of rotatable bonds is 7. The van der Waals surface area contributed by atoms with Gasteiger partial charge in [-0.3, -0.25) is 4.79 Å². The monoisotopic (exact) mass is 327 g/mol. The molecule has 0 bridgehead atoms. The van der Waals surface area contributed by atoms with Crippen LogP contribution in [0.25, 0.3) is 0 Å². The van der Waals surface area contributed by atoms with E-state index in [9.17, 15) is 14.7 Å². The molecule has 0 aromatic heterocycles. The van der Waals surface area contributed by atoms with Crippen molar-refractivity contribution in [3.63, 3.8) is 0 Å². The van der Waals surface area contributed by atoms with E-state index >= 15 is 0 Å². The lowest BCUT2D eigenvalue weighted by molar-refractivity contribution is -0.129. The largest absolute Gasteiger partial charge is 0.496 e. The number of nitrogens with zero attached hydrogens (tertiary/aromatic N) is 1. The highest BCUT2D eigenvalue weighted by molar-refractivity contribution is 5.91. The molecule has 0 saturated heterocycles. The zero-order valence-corrected chi connectivity index (χ0v) is 13.9. The SMILES string of the molecule is COc1ccccc1CCN(C)C(=O)Cc1ccccc1C(=O)O. The third kappa shape index (κ3) is 4.35. The number of aromatic carboxylic acids is 1. The summed E-state index contributed by atoms with van der Waals surface area (Å²) in [4.78, 5) is 25.2. The van der Waals surface area contributed by atoms with Crippen molar-refractivity contribution >= 4 is 11.9 Å². The number of hydrogen-bond donors (Lipinski definition) is 1. The third-order valence-corrected chi connectivity index (χ3v) is 3.92. The smallest absolute Gasteiger partial charge is 0.335 e. The second kappa shape index (κ2) is 8.15. The molecule has 0 fully saturated rings. The van der Waals surface area contributed by atoms with Gasteiger partial charge in [-0.2, -0.15) is 0 Å². The first-order valence-electron chi connectivity index (χ1n) is 7.70. The van der Waals surface area contributed by atoms with Crippen LogP contribution in [-0.4, -0.2) is 42.6 Å². The minimum absolute atomic E-state index is 0.0743. The summed E-state index contributed by atoms with van der Waals surface area (Å²) in [5, 5.41) is 9.19. The standard InChI is InChI=1S/C19H21NO4/c1-20(12-11-14-7-4-6-10-17(14)24-2)18(21)13-15-8-3-5-9-16(15)19(22)23/h3-10H,11-13H2,1-2H3,(H,22,23).